The van der Waals surface area contributed by atoms with Crippen LogP contribution in [0.1, 0.15) is 34.2 Å². The Kier molecular flexibility index (Phi) is 6.49. The molecule has 6 heteroatoms. The number of carbonyl (C=O) groups is 1. The van der Waals surface area contributed by atoms with Crippen LogP contribution < -0.4 is 5.32 Å². The molecule has 0 saturated carbocycles. The lowest BCUT2D eigenvalue weighted by molar-refractivity contribution is -0.122. The summed E-state index contributed by atoms with van der Waals surface area (Å²) in [7, 11) is 0. The lowest BCUT2D eigenvalue weighted by Gasteiger charge is -2.38. The van der Waals surface area contributed by atoms with E-state index < -0.39 is 0 Å². The van der Waals surface area contributed by atoms with E-state index in [-0.39, 0.29) is 11.9 Å². The van der Waals surface area contributed by atoms with Gasteiger partial charge >= 0.3 is 0 Å². The zero-order valence-corrected chi connectivity index (χ0v) is 18.5. The first-order chi connectivity index (χ1) is 15.0. The smallest absolute Gasteiger partial charge is 0.246 e. The number of hydrogen-bond donors (Lipinski definition) is 1. The topological polar surface area (TPSA) is 61.6 Å². The molecule has 1 aromatic heterocycles. The van der Waals surface area contributed by atoms with Crippen LogP contribution in [0.15, 0.2) is 59.1 Å². The summed E-state index contributed by atoms with van der Waals surface area (Å²) in [6, 6.07) is 17.9. The Hall–Kier alpha value is -2.96. The van der Waals surface area contributed by atoms with Crippen molar-refractivity contribution < 1.29 is 9.32 Å². The molecule has 0 radical (unpaired) electrons. The molecule has 3 aromatic rings. The second-order valence-corrected chi connectivity index (χ2v) is 8.36. The van der Waals surface area contributed by atoms with Crippen LogP contribution in [0.3, 0.4) is 0 Å². The number of carbonyl (C=O) groups excluding carboxylic acids is 1. The van der Waals surface area contributed by atoms with Gasteiger partial charge in [-0.15, -0.1) is 0 Å². The lowest BCUT2D eigenvalue weighted by atomic mass is 10.0. The number of aryl methyl sites for hydroxylation is 3. The summed E-state index contributed by atoms with van der Waals surface area (Å²) in [5, 5.41) is 7.29. The Morgan fingerprint density at radius 2 is 1.77 bits per heavy atom. The van der Waals surface area contributed by atoms with Crippen LogP contribution in [0.2, 0.25) is 0 Å². The molecule has 0 aliphatic carbocycles. The van der Waals surface area contributed by atoms with E-state index in [1.165, 1.54) is 0 Å². The van der Waals surface area contributed by atoms with Gasteiger partial charge in [-0.05, 0) is 43.5 Å². The molecule has 1 fully saturated rings. The fraction of sp³-hybridized carbons (Fsp3) is 0.360. The molecule has 2 heterocycles. The van der Waals surface area contributed by atoms with Crippen LogP contribution in [0.4, 0.5) is 5.69 Å². The van der Waals surface area contributed by atoms with Crippen LogP contribution >= 0.6 is 0 Å². The number of aromatic nitrogens is 1. The van der Waals surface area contributed by atoms with E-state index in [4.69, 9.17) is 4.52 Å². The third-order valence-electron chi connectivity index (χ3n) is 5.85. The normalized spacial score (nSPS) is 16.2. The molecule has 31 heavy (non-hydrogen) atoms. The number of rotatable bonds is 6. The summed E-state index contributed by atoms with van der Waals surface area (Å²) in [6.07, 6.45) is 0. The van der Waals surface area contributed by atoms with Gasteiger partial charge in [0.1, 0.15) is 11.8 Å². The Morgan fingerprint density at radius 3 is 2.45 bits per heavy atom. The summed E-state index contributed by atoms with van der Waals surface area (Å²) < 4.78 is 5.19. The van der Waals surface area contributed by atoms with E-state index in [1.807, 2.05) is 69.3 Å². The average Bonchev–Trinajstić information content (AvgIpc) is 3.17. The molecule has 2 aromatic carbocycles. The zero-order valence-electron chi connectivity index (χ0n) is 18.5. The van der Waals surface area contributed by atoms with Gasteiger partial charge in [-0.1, -0.05) is 47.6 Å². The predicted molar refractivity (Wildman–Crippen MR) is 122 cm³/mol. The highest BCUT2D eigenvalue weighted by Gasteiger charge is 2.31. The number of benzene rings is 2. The van der Waals surface area contributed by atoms with Crippen LogP contribution in [-0.4, -0.2) is 47.0 Å². The number of piperazine rings is 1. The molecule has 0 spiro atoms. The maximum Gasteiger partial charge on any atom is 0.246 e. The van der Waals surface area contributed by atoms with Crippen molar-refractivity contribution in [3.05, 3.63) is 82.7 Å². The number of hydrogen-bond acceptors (Lipinski definition) is 5. The molecule has 1 saturated heterocycles. The van der Waals surface area contributed by atoms with Crippen LogP contribution in [0, 0.1) is 20.8 Å². The van der Waals surface area contributed by atoms with Crippen LogP contribution in [0.25, 0.3) is 0 Å². The minimum absolute atomic E-state index is 0.0143. The summed E-state index contributed by atoms with van der Waals surface area (Å²) in [6.45, 7) is 10.1. The minimum atomic E-state index is -0.322. The van der Waals surface area contributed by atoms with Gasteiger partial charge in [0.05, 0.1) is 5.69 Å². The fourth-order valence-corrected chi connectivity index (χ4v) is 4.14. The van der Waals surface area contributed by atoms with Crippen LogP contribution in [0.5, 0.6) is 0 Å². The maximum absolute atomic E-state index is 13.5. The molecular formula is C25H30N4O2. The van der Waals surface area contributed by atoms with Crippen molar-refractivity contribution in [2.75, 3.05) is 31.5 Å². The molecule has 1 atom stereocenters. The van der Waals surface area contributed by atoms with Gasteiger partial charge in [0, 0.05) is 44.5 Å². The zero-order chi connectivity index (χ0) is 21.8. The van der Waals surface area contributed by atoms with E-state index in [0.29, 0.717) is 0 Å². The third-order valence-corrected chi connectivity index (χ3v) is 5.85. The van der Waals surface area contributed by atoms with E-state index in [9.17, 15) is 4.79 Å². The number of anilines is 1. The van der Waals surface area contributed by atoms with Crippen molar-refractivity contribution in [2.45, 2.75) is 33.4 Å². The van der Waals surface area contributed by atoms with Gasteiger partial charge in [-0.2, -0.15) is 0 Å². The molecule has 1 aliphatic rings. The molecular weight excluding hydrogens is 388 g/mol. The Balaban J connectivity index is 1.48. The van der Waals surface area contributed by atoms with Gasteiger partial charge in [-0.3, -0.25) is 14.6 Å². The van der Waals surface area contributed by atoms with Gasteiger partial charge in [0.25, 0.3) is 0 Å². The predicted octanol–water partition coefficient (Wildman–Crippen LogP) is 4.10. The highest BCUT2D eigenvalue weighted by Crippen LogP contribution is 2.26. The number of nitrogens with zero attached hydrogens (tertiary/aromatic N) is 3. The van der Waals surface area contributed by atoms with Crippen molar-refractivity contribution in [1.82, 2.24) is 15.0 Å². The second-order valence-electron chi connectivity index (χ2n) is 8.36. The lowest BCUT2D eigenvalue weighted by Crippen LogP contribution is -2.49. The van der Waals surface area contributed by atoms with Gasteiger partial charge in [-0.25, -0.2) is 0 Å². The first-order valence-corrected chi connectivity index (χ1v) is 10.8. The Morgan fingerprint density at radius 1 is 1.03 bits per heavy atom. The minimum Gasteiger partial charge on any atom is -0.361 e. The molecule has 1 N–H and O–H groups in total. The standard InChI is InChI=1S/C25H30N4O2/c1-18-9-10-19(2)23(15-18)26-25(30)24(21-7-5-4-6-8-21)29-13-11-28(12-14-29)17-22-16-20(3)31-27-22/h4-10,15-16,24H,11-14,17H2,1-3H3,(H,26,30)/t24-/m0/s1. The molecule has 162 valence electrons. The molecule has 1 amide bonds. The summed E-state index contributed by atoms with van der Waals surface area (Å²) in [4.78, 5) is 18.1. The molecule has 6 nitrogen and oxygen atoms in total. The Bertz CT molecular complexity index is 1020. The molecule has 4 rings (SSSR count). The van der Waals surface area contributed by atoms with E-state index in [0.717, 1.165) is 66.6 Å². The highest BCUT2D eigenvalue weighted by atomic mass is 16.5. The third kappa shape index (κ3) is 5.21. The van der Waals surface area contributed by atoms with E-state index in [2.05, 4.69) is 26.3 Å². The fourth-order valence-electron chi connectivity index (χ4n) is 4.14. The second kappa shape index (κ2) is 9.45. The SMILES string of the molecule is Cc1ccc(C)c(NC(=O)[C@H](c2ccccc2)N2CCN(Cc3cc(C)on3)CC2)c1. The largest absolute Gasteiger partial charge is 0.361 e. The highest BCUT2D eigenvalue weighted by molar-refractivity contribution is 5.96. The van der Waals surface area contributed by atoms with Crippen molar-refractivity contribution in [2.24, 2.45) is 0 Å². The number of nitrogens with one attached hydrogen (secondary N) is 1. The first kappa shape index (κ1) is 21.3. The monoisotopic (exact) mass is 418 g/mol. The molecule has 1 aliphatic heterocycles. The summed E-state index contributed by atoms with van der Waals surface area (Å²) in [5.41, 5.74) is 5.06. The van der Waals surface area contributed by atoms with E-state index >= 15 is 0 Å². The molecule has 0 bridgehead atoms. The van der Waals surface area contributed by atoms with E-state index in [1.54, 1.807) is 0 Å². The van der Waals surface area contributed by atoms with Crippen molar-refractivity contribution in [1.29, 1.82) is 0 Å². The maximum atomic E-state index is 13.5. The summed E-state index contributed by atoms with van der Waals surface area (Å²) in [5.74, 6) is 0.848. The summed E-state index contributed by atoms with van der Waals surface area (Å²) >= 11 is 0. The van der Waals surface area contributed by atoms with Gasteiger partial charge < -0.3 is 9.84 Å². The van der Waals surface area contributed by atoms with Crippen molar-refractivity contribution in [3.63, 3.8) is 0 Å². The van der Waals surface area contributed by atoms with Crippen molar-refractivity contribution in [3.8, 4) is 0 Å². The van der Waals surface area contributed by atoms with Gasteiger partial charge in [0.2, 0.25) is 5.91 Å². The van der Waals surface area contributed by atoms with Gasteiger partial charge in [0.15, 0.2) is 0 Å². The molecule has 0 unspecified atom stereocenters. The number of amides is 1. The first-order valence-electron chi connectivity index (χ1n) is 10.8. The van der Waals surface area contributed by atoms with Crippen molar-refractivity contribution >= 4 is 11.6 Å². The quantitative estimate of drug-likeness (QED) is 0.653. The average molecular weight is 419 g/mol. The Labute approximate surface area is 183 Å². The van der Waals surface area contributed by atoms with Crippen LogP contribution in [-0.2, 0) is 11.3 Å².